The highest BCUT2D eigenvalue weighted by Gasteiger charge is 2.30. The highest BCUT2D eigenvalue weighted by molar-refractivity contribution is 6.30. The number of rotatable bonds is 7. The Morgan fingerprint density at radius 3 is 2.61 bits per heavy atom. The normalized spacial score (nSPS) is 15.3. The van der Waals surface area contributed by atoms with Gasteiger partial charge in [0.2, 0.25) is 0 Å². The van der Waals surface area contributed by atoms with E-state index in [4.69, 9.17) is 21.1 Å². The van der Waals surface area contributed by atoms with Gasteiger partial charge in [-0.3, -0.25) is 9.59 Å². The van der Waals surface area contributed by atoms with Crippen LogP contribution in [0.4, 0.5) is 5.69 Å². The van der Waals surface area contributed by atoms with Gasteiger partial charge in [-0.1, -0.05) is 48.9 Å². The molecule has 0 unspecified atom stereocenters. The van der Waals surface area contributed by atoms with Crippen LogP contribution >= 0.6 is 11.6 Å². The fourth-order valence-corrected chi connectivity index (χ4v) is 3.78. The molecular formula is C26H25ClN2O4. The summed E-state index contributed by atoms with van der Waals surface area (Å²) in [6.45, 7) is 2.64. The van der Waals surface area contributed by atoms with Crippen LogP contribution in [-0.2, 0) is 22.7 Å². The minimum Gasteiger partial charge on any atom is -0.484 e. The first-order chi connectivity index (χ1) is 16.0. The van der Waals surface area contributed by atoms with E-state index < -0.39 is 6.10 Å². The van der Waals surface area contributed by atoms with E-state index >= 15 is 0 Å². The van der Waals surface area contributed by atoms with E-state index in [-0.39, 0.29) is 18.4 Å². The van der Waals surface area contributed by atoms with Gasteiger partial charge in [0.15, 0.2) is 12.7 Å². The third-order valence-electron chi connectivity index (χ3n) is 5.33. The highest BCUT2D eigenvalue weighted by atomic mass is 35.5. The molecule has 0 fully saturated rings. The lowest BCUT2D eigenvalue weighted by Crippen LogP contribution is -2.38. The topological polar surface area (TPSA) is 67.9 Å². The van der Waals surface area contributed by atoms with Gasteiger partial charge < -0.3 is 19.7 Å². The molecule has 0 saturated heterocycles. The van der Waals surface area contributed by atoms with Crippen molar-refractivity contribution in [3.05, 3.63) is 88.9 Å². The minimum absolute atomic E-state index is 0.0644. The number of hydrogen-bond donors (Lipinski definition) is 1. The Morgan fingerprint density at radius 2 is 1.88 bits per heavy atom. The molecule has 0 spiro atoms. The molecule has 1 aliphatic heterocycles. The molecule has 0 aromatic heterocycles. The Bertz CT molecular complexity index is 1120. The van der Waals surface area contributed by atoms with Crippen LogP contribution in [0.2, 0.25) is 5.02 Å². The van der Waals surface area contributed by atoms with Gasteiger partial charge in [-0.05, 0) is 54.4 Å². The van der Waals surface area contributed by atoms with E-state index in [1.165, 1.54) is 0 Å². The number of ether oxygens (including phenoxy) is 2. The van der Waals surface area contributed by atoms with E-state index in [9.17, 15) is 9.59 Å². The van der Waals surface area contributed by atoms with Gasteiger partial charge in [0, 0.05) is 29.4 Å². The minimum atomic E-state index is -0.557. The molecule has 3 aromatic rings. The zero-order chi connectivity index (χ0) is 23.2. The van der Waals surface area contributed by atoms with Crippen LogP contribution in [0.3, 0.4) is 0 Å². The Balaban J connectivity index is 1.48. The summed E-state index contributed by atoms with van der Waals surface area (Å²) in [7, 11) is 0. The summed E-state index contributed by atoms with van der Waals surface area (Å²) >= 11 is 5.99. The lowest BCUT2D eigenvalue weighted by molar-refractivity contribution is -0.139. The van der Waals surface area contributed by atoms with Gasteiger partial charge in [-0.15, -0.1) is 0 Å². The molecule has 7 heteroatoms. The first-order valence-electron chi connectivity index (χ1n) is 10.8. The maximum atomic E-state index is 13.1. The number of nitrogens with zero attached hydrogens (tertiary/aromatic N) is 1. The summed E-state index contributed by atoms with van der Waals surface area (Å²) in [5, 5.41) is 3.50. The Morgan fingerprint density at radius 1 is 1.12 bits per heavy atom. The van der Waals surface area contributed by atoms with E-state index in [2.05, 4.69) is 5.32 Å². The molecule has 2 amide bonds. The molecule has 4 rings (SSSR count). The number of nitrogens with one attached hydrogen (secondary N) is 1. The number of benzene rings is 3. The van der Waals surface area contributed by atoms with Crippen LogP contribution in [0.1, 0.15) is 24.5 Å². The molecule has 170 valence electrons. The Labute approximate surface area is 198 Å². The molecule has 1 atom stereocenters. The van der Waals surface area contributed by atoms with Crippen molar-refractivity contribution in [2.75, 3.05) is 11.9 Å². The molecule has 1 N–H and O–H groups in total. The lowest BCUT2D eigenvalue weighted by atomic mass is 10.1. The second-order valence-electron chi connectivity index (χ2n) is 7.81. The zero-order valence-corrected chi connectivity index (χ0v) is 19.0. The summed E-state index contributed by atoms with van der Waals surface area (Å²) in [6, 6.07) is 22.0. The number of anilines is 1. The number of amides is 2. The fourth-order valence-electron chi connectivity index (χ4n) is 3.65. The summed E-state index contributed by atoms with van der Waals surface area (Å²) in [5.74, 6) is 0.941. The second-order valence-corrected chi connectivity index (χ2v) is 8.24. The van der Waals surface area contributed by atoms with Crippen LogP contribution in [0.5, 0.6) is 11.5 Å². The molecule has 1 aliphatic rings. The Hall–Kier alpha value is -3.51. The molecule has 0 saturated carbocycles. The van der Waals surface area contributed by atoms with Crippen LogP contribution < -0.4 is 14.8 Å². The highest BCUT2D eigenvalue weighted by Crippen LogP contribution is 2.30. The fraction of sp³-hybridized carbons (Fsp3) is 0.231. The number of para-hydroxylation sites is 1. The van der Waals surface area contributed by atoms with Gasteiger partial charge in [0.1, 0.15) is 11.5 Å². The predicted octanol–water partition coefficient (Wildman–Crippen LogP) is 5.06. The van der Waals surface area contributed by atoms with Crippen molar-refractivity contribution in [2.24, 2.45) is 0 Å². The van der Waals surface area contributed by atoms with Crippen LogP contribution in [0, 0.1) is 0 Å². The number of hydrogen-bond acceptors (Lipinski definition) is 4. The van der Waals surface area contributed by atoms with E-state index in [1.54, 1.807) is 29.2 Å². The molecule has 0 radical (unpaired) electrons. The average Bonchev–Trinajstić information content (AvgIpc) is 2.96. The average molecular weight is 465 g/mol. The molecular weight excluding hydrogens is 440 g/mol. The third kappa shape index (κ3) is 5.84. The number of halogens is 1. The van der Waals surface area contributed by atoms with Crippen LogP contribution in [0.15, 0.2) is 72.8 Å². The van der Waals surface area contributed by atoms with Gasteiger partial charge in [0.25, 0.3) is 11.8 Å². The first kappa shape index (κ1) is 22.7. The third-order valence-corrected chi connectivity index (χ3v) is 5.58. The number of carbonyl (C=O) groups is 2. The maximum absolute atomic E-state index is 13.1. The number of fused-ring (bicyclic) bond motifs is 1. The van der Waals surface area contributed by atoms with Gasteiger partial charge in [-0.25, -0.2) is 0 Å². The summed E-state index contributed by atoms with van der Waals surface area (Å²) in [4.78, 5) is 27.2. The van der Waals surface area contributed by atoms with E-state index in [0.717, 1.165) is 11.1 Å². The predicted molar refractivity (Wildman–Crippen MR) is 127 cm³/mol. The standard InChI is InChI=1S/C26H25ClN2O4/c1-2-23-26(31)29(15-18-8-10-20(27)11-9-18)16-19-14-21(12-13-24(19)33-23)28-25(30)17-32-22-6-4-3-5-7-22/h3-14,23H,2,15-17H2,1H3,(H,28,30)/t23-/m0/s1. The molecule has 0 bridgehead atoms. The van der Waals surface area contributed by atoms with Crippen LogP contribution in [-0.4, -0.2) is 29.4 Å². The largest absolute Gasteiger partial charge is 0.484 e. The number of carbonyl (C=O) groups excluding carboxylic acids is 2. The maximum Gasteiger partial charge on any atom is 0.264 e. The van der Waals surface area contributed by atoms with Gasteiger partial charge in [-0.2, -0.15) is 0 Å². The van der Waals surface area contributed by atoms with Crippen molar-refractivity contribution in [1.29, 1.82) is 0 Å². The lowest BCUT2D eigenvalue weighted by Gasteiger charge is -2.23. The molecule has 3 aromatic carbocycles. The first-order valence-corrected chi connectivity index (χ1v) is 11.2. The second kappa shape index (κ2) is 10.4. The molecule has 0 aliphatic carbocycles. The molecule has 6 nitrogen and oxygen atoms in total. The molecule has 1 heterocycles. The van der Waals surface area contributed by atoms with Crippen LogP contribution in [0.25, 0.3) is 0 Å². The van der Waals surface area contributed by atoms with Crippen molar-refractivity contribution in [3.8, 4) is 11.5 Å². The smallest absolute Gasteiger partial charge is 0.264 e. The quantitative estimate of drug-likeness (QED) is 0.531. The SMILES string of the molecule is CC[C@@H]1Oc2ccc(NC(=O)COc3ccccc3)cc2CN(Cc2ccc(Cl)cc2)C1=O. The van der Waals surface area contributed by atoms with Crippen molar-refractivity contribution in [3.63, 3.8) is 0 Å². The Kier molecular flexibility index (Phi) is 7.15. The van der Waals surface area contributed by atoms with Crippen molar-refractivity contribution in [2.45, 2.75) is 32.5 Å². The van der Waals surface area contributed by atoms with Gasteiger partial charge >= 0.3 is 0 Å². The van der Waals surface area contributed by atoms with Crippen molar-refractivity contribution < 1.29 is 19.1 Å². The van der Waals surface area contributed by atoms with Crippen molar-refractivity contribution in [1.82, 2.24) is 4.90 Å². The zero-order valence-electron chi connectivity index (χ0n) is 18.3. The summed E-state index contributed by atoms with van der Waals surface area (Å²) < 4.78 is 11.5. The molecule has 33 heavy (non-hydrogen) atoms. The summed E-state index contributed by atoms with van der Waals surface area (Å²) in [5.41, 5.74) is 2.43. The van der Waals surface area contributed by atoms with Crippen molar-refractivity contribution >= 4 is 29.1 Å². The van der Waals surface area contributed by atoms with Gasteiger partial charge in [0.05, 0.1) is 0 Å². The van der Waals surface area contributed by atoms with E-state index in [1.807, 2.05) is 55.5 Å². The summed E-state index contributed by atoms with van der Waals surface area (Å²) in [6.07, 6.45) is 0.00306. The van der Waals surface area contributed by atoms with E-state index in [0.29, 0.717) is 41.7 Å². The monoisotopic (exact) mass is 464 g/mol.